The highest BCUT2D eigenvalue weighted by atomic mass is 32.2. The van der Waals surface area contributed by atoms with Crippen molar-refractivity contribution in [2.24, 2.45) is 0 Å². The van der Waals surface area contributed by atoms with Crippen LogP contribution in [0.2, 0.25) is 0 Å². The summed E-state index contributed by atoms with van der Waals surface area (Å²) in [5, 5.41) is 0. The number of aryl methyl sites for hydroxylation is 1. The van der Waals surface area contributed by atoms with Gasteiger partial charge in [-0.1, -0.05) is 42.5 Å². The van der Waals surface area contributed by atoms with Crippen LogP contribution in [0.4, 0.5) is 0 Å². The lowest BCUT2D eigenvalue weighted by Crippen LogP contribution is -2.37. The van der Waals surface area contributed by atoms with E-state index in [1.54, 1.807) is 17.9 Å². The van der Waals surface area contributed by atoms with Crippen molar-refractivity contribution >= 4 is 27.3 Å². The summed E-state index contributed by atoms with van der Waals surface area (Å²) in [6, 6.07) is 14.3. The molecule has 7 heteroatoms. The van der Waals surface area contributed by atoms with Crippen molar-refractivity contribution in [3.63, 3.8) is 0 Å². The summed E-state index contributed by atoms with van der Waals surface area (Å²) in [7, 11) is -3.44. The van der Waals surface area contributed by atoms with Crippen LogP contribution < -0.4 is 0 Å². The van der Waals surface area contributed by atoms with E-state index in [-0.39, 0.29) is 23.0 Å². The lowest BCUT2D eigenvalue weighted by atomic mass is 10.00. The molecule has 0 unspecified atom stereocenters. The molecule has 1 heterocycles. The summed E-state index contributed by atoms with van der Waals surface area (Å²) >= 11 is 0. The molecule has 0 aromatic heterocycles. The van der Waals surface area contributed by atoms with Gasteiger partial charge in [-0.25, -0.2) is 13.2 Å². The summed E-state index contributed by atoms with van der Waals surface area (Å²) in [4.78, 5) is 26.5. The van der Waals surface area contributed by atoms with E-state index in [0.717, 1.165) is 18.2 Å². The largest absolute Gasteiger partial charge is 0.452 e. The van der Waals surface area contributed by atoms with Crippen molar-refractivity contribution in [3.05, 3.63) is 71.3 Å². The van der Waals surface area contributed by atoms with Crippen molar-refractivity contribution in [2.75, 3.05) is 26.0 Å². The van der Waals surface area contributed by atoms with Crippen molar-refractivity contribution in [2.45, 2.75) is 18.2 Å². The maximum atomic E-state index is 12.4. The van der Waals surface area contributed by atoms with Gasteiger partial charge in [-0.15, -0.1) is 0 Å². The molecule has 0 N–H and O–H groups in total. The molecule has 2 aromatic rings. The molecule has 1 amide bonds. The van der Waals surface area contributed by atoms with E-state index in [9.17, 15) is 18.0 Å². The van der Waals surface area contributed by atoms with Gasteiger partial charge in [0.25, 0.3) is 5.91 Å². The number of carbonyl (C=O) groups excluding carboxylic acids is 2. The third kappa shape index (κ3) is 5.12. The minimum atomic E-state index is -3.44. The van der Waals surface area contributed by atoms with Gasteiger partial charge in [-0.2, -0.15) is 0 Å². The number of carbonyl (C=O) groups is 2. The SMILES string of the molecule is Cc1ccc(S(C)(=O)=O)cc1C(=O)OCC(=O)N1CC=C(c2ccccc2)CC1. The first-order valence-electron chi connectivity index (χ1n) is 9.26. The Balaban J connectivity index is 1.60. The number of benzene rings is 2. The third-order valence-electron chi connectivity index (χ3n) is 4.89. The van der Waals surface area contributed by atoms with Crippen LogP contribution in [-0.2, 0) is 19.4 Å². The van der Waals surface area contributed by atoms with Crippen LogP contribution >= 0.6 is 0 Å². The molecule has 2 aromatic carbocycles. The zero-order valence-corrected chi connectivity index (χ0v) is 17.2. The van der Waals surface area contributed by atoms with Crippen LogP contribution in [0.15, 0.2) is 59.5 Å². The molecule has 29 heavy (non-hydrogen) atoms. The Morgan fingerprint density at radius 3 is 2.45 bits per heavy atom. The first kappa shape index (κ1) is 20.8. The van der Waals surface area contributed by atoms with Crippen LogP contribution in [-0.4, -0.2) is 51.1 Å². The van der Waals surface area contributed by atoms with Gasteiger partial charge in [0.15, 0.2) is 16.4 Å². The number of hydrogen-bond donors (Lipinski definition) is 0. The number of amides is 1. The fraction of sp³-hybridized carbons (Fsp3) is 0.273. The smallest absolute Gasteiger partial charge is 0.338 e. The molecule has 0 bridgehead atoms. The quantitative estimate of drug-likeness (QED) is 0.704. The molecule has 0 spiro atoms. The van der Waals surface area contributed by atoms with Gasteiger partial charge in [0, 0.05) is 19.3 Å². The Labute approximate surface area is 170 Å². The molecule has 1 aliphatic heterocycles. The molecular formula is C22H23NO5S. The minimum absolute atomic E-state index is 0.0379. The van der Waals surface area contributed by atoms with E-state index in [0.29, 0.717) is 18.7 Å². The second kappa shape index (κ2) is 8.61. The number of esters is 1. The summed E-state index contributed by atoms with van der Waals surface area (Å²) in [6.45, 7) is 2.32. The van der Waals surface area contributed by atoms with Crippen molar-refractivity contribution in [1.29, 1.82) is 0 Å². The van der Waals surface area contributed by atoms with Crippen LogP contribution in [0, 0.1) is 6.92 Å². The maximum Gasteiger partial charge on any atom is 0.338 e. The van der Waals surface area contributed by atoms with Gasteiger partial charge in [-0.05, 0) is 42.2 Å². The Hall–Kier alpha value is -2.93. The molecule has 0 saturated carbocycles. The Bertz CT molecular complexity index is 1060. The van der Waals surface area contributed by atoms with Gasteiger partial charge in [-0.3, -0.25) is 4.79 Å². The number of hydrogen-bond acceptors (Lipinski definition) is 5. The van der Waals surface area contributed by atoms with E-state index in [1.807, 2.05) is 36.4 Å². The number of ether oxygens (including phenoxy) is 1. The fourth-order valence-electron chi connectivity index (χ4n) is 3.16. The third-order valence-corrected chi connectivity index (χ3v) is 6.00. The van der Waals surface area contributed by atoms with Gasteiger partial charge in [0.1, 0.15) is 0 Å². The number of nitrogens with zero attached hydrogens (tertiary/aromatic N) is 1. The molecule has 0 atom stereocenters. The second-order valence-corrected chi connectivity index (χ2v) is 9.03. The summed E-state index contributed by atoms with van der Waals surface area (Å²) in [6.07, 6.45) is 3.82. The average Bonchev–Trinajstić information content (AvgIpc) is 2.72. The van der Waals surface area contributed by atoms with E-state index in [4.69, 9.17) is 4.74 Å². The first-order chi connectivity index (χ1) is 13.8. The van der Waals surface area contributed by atoms with Gasteiger partial charge < -0.3 is 9.64 Å². The van der Waals surface area contributed by atoms with E-state index < -0.39 is 15.8 Å². The maximum absolute atomic E-state index is 12.4. The molecule has 152 valence electrons. The predicted molar refractivity (Wildman–Crippen MR) is 110 cm³/mol. The van der Waals surface area contributed by atoms with Crippen LogP contribution in [0.5, 0.6) is 0 Å². The zero-order chi connectivity index (χ0) is 21.0. The summed E-state index contributed by atoms with van der Waals surface area (Å²) in [5.41, 5.74) is 3.07. The normalized spacial score (nSPS) is 14.3. The first-order valence-corrected chi connectivity index (χ1v) is 11.1. The van der Waals surface area contributed by atoms with E-state index >= 15 is 0 Å². The topological polar surface area (TPSA) is 80.7 Å². The van der Waals surface area contributed by atoms with Crippen LogP contribution in [0.1, 0.15) is 27.9 Å². The number of sulfone groups is 1. The highest BCUT2D eigenvalue weighted by molar-refractivity contribution is 7.90. The van der Waals surface area contributed by atoms with Crippen molar-refractivity contribution < 1.29 is 22.7 Å². The molecule has 0 radical (unpaired) electrons. The molecular weight excluding hydrogens is 390 g/mol. The predicted octanol–water partition coefficient (Wildman–Crippen LogP) is 2.87. The van der Waals surface area contributed by atoms with Crippen molar-refractivity contribution in [1.82, 2.24) is 4.90 Å². The molecule has 0 saturated heterocycles. The van der Waals surface area contributed by atoms with E-state index in [1.165, 1.54) is 17.7 Å². The Morgan fingerprint density at radius 2 is 1.83 bits per heavy atom. The molecule has 6 nitrogen and oxygen atoms in total. The molecule has 1 aliphatic rings. The highest BCUT2D eigenvalue weighted by Gasteiger charge is 2.21. The molecule has 0 fully saturated rings. The lowest BCUT2D eigenvalue weighted by molar-refractivity contribution is -0.134. The van der Waals surface area contributed by atoms with Gasteiger partial charge in [0.2, 0.25) is 0 Å². The Kier molecular flexibility index (Phi) is 6.17. The average molecular weight is 413 g/mol. The Morgan fingerprint density at radius 1 is 1.10 bits per heavy atom. The zero-order valence-electron chi connectivity index (χ0n) is 16.4. The van der Waals surface area contributed by atoms with Crippen molar-refractivity contribution in [3.8, 4) is 0 Å². The monoisotopic (exact) mass is 413 g/mol. The fourth-order valence-corrected chi connectivity index (χ4v) is 3.81. The summed E-state index contributed by atoms with van der Waals surface area (Å²) < 4.78 is 28.6. The molecule has 0 aliphatic carbocycles. The van der Waals surface area contributed by atoms with Gasteiger partial charge in [0.05, 0.1) is 10.5 Å². The van der Waals surface area contributed by atoms with Crippen LogP contribution in [0.3, 0.4) is 0 Å². The van der Waals surface area contributed by atoms with E-state index in [2.05, 4.69) is 0 Å². The lowest BCUT2D eigenvalue weighted by Gasteiger charge is -2.26. The van der Waals surface area contributed by atoms with Crippen LogP contribution in [0.25, 0.3) is 5.57 Å². The van der Waals surface area contributed by atoms with Gasteiger partial charge >= 0.3 is 5.97 Å². The number of rotatable bonds is 5. The summed E-state index contributed by atoms with van der Waals surface area (Å²) in [5.74, 6) is -0.988. The second-order valence-electron chi connectivity index (χ2n) is 7.01. The molecule has 3 rings (SSSR count). The standard InChI is InChI=1S/C22H23NO5S/c1-16-8-9-19(29(2,26)27)14-20(16)22(25)28-15-21(24)23-12-10-18(11-13-23)17-6-4-3-5-7-17/h3-10,14H,11-13,15H2,1-2H3. The highest BCUT2D eigenvalue weighted by Crippen LogP contribution is 2.22. The minimum Gasteiger partial charge on any atom is -0.452 e.